The molecule has 13 heteroatoms. The number of benzene rings is 1. The molecule has 1 aromatic rings. The SMILES string of the molecule is CC(C)C[C@@H]1NC(=O)CNC(=O)[C@H](C)NC(=O)[C@H](Cc2ccc(O)cc2)NC(=O)[C@@H]2CCCN2C(=O)CNC1=O. The molecule has 0 spiro atoms. The maximum absolute atomic E-state index is 13.3. The van der Waals surface area contributed by atoms with E-state index in [0.29, 0.717) is 31.4 Å². The van der Waals surface area contributed by atoms with E-state index >= 15 is 0 Å². The smallest absolute Gasteiger partial charge is 0.243 e. The van der Waals surface area contributed by atoms with Gasteiger partial charge in [0.2, 0.25) is 35.4 Å². The molecule has 2 fully saturated rings. The van der Waals surface area contributed by atoms with E-state index < -0.39 is 66.2 Å². The molecule has 2 saturated heterocycles. The van der Waals surface area contributed by atoms with E-state index in [2.05, 4.69) is 26.6 Å². The van der Waals surface area contributed by atoms with E-state index in [4.69, 9.17) is 0 Å². The predicted molar refractivity (Wildman–Crippen MR) is 143 cm³/mol. The number of fused-ring (bicyclic) bond motifs is 1. The summed E-state index contributed by atoms with van der Waals surface area (Å²) in [5.41, 5.74) is 0.646. The average molecular weight is 559 g/mol. The number of carbonyl (C=O) groups is 6. The van der Waals surface area contributed by atoms with E-state index in [1.165, 1.54) is 24.0 Å². The molecule has 0 aliphatic carbocycles. The van der Waals surface area contributed by atoms with Crippen LogP contribution in [-0.2, 0) is 35.2 Å². The van der Waals surface area contributed by atoms with Crippen molar-refractivity contribution in [3.63, 3.8) is 0 Å². The Kier molecular flexibility index (Phi) is 10.5. The van der Waals surface area contributed by atoms with E-state index in [0.717, 1.165) is 0 Å². The number of rotatable bonds is 4. The first-order valence-corrected chi connectivity index (χ1v) is 13.5. The summed E-state index contributed by atoms with van der Waals surface area (Å²) in [6, 6.07) is 2.22. The molecule has 0 saturated carbocycles. The average Bonchev–Trinajstić information content (AvgIpc) is 3.40. The zero-order valence-corrected chi connectivity index (χ0v) is 23.0. The Hall–Kier alpha value is -4.16. The zero-order valence-electron chi connectivity index (χ0n) is 23.0. The maximum atomic E-state index is 13.3. The lowest BCUT2D eigenvalue weighted by molar-refractivity contribution is -0.140. The minimum absolute atomic E-state index is 0.0407. The highest BCUT2D eigenvalue weighted by Crippen LogP contribution is 2.18. The van der Waals surface area contributed by atoms with Crippen LogP contribution in [0.2, 0.25) is 0 Å². The number of nitrogens with one attached hydrogen (secondary N) is 5. The number of phenolic OH excluding ortho intramolecular Hbond substituents is 1. The number of phenols is 1. The molecule has 0 aromatic heterocycles. The van der Waals surface area contributed by atoms with Gasteiger partial charge in [-0.1, -0.05) is 26.0 Å². The molecule has 0 unspecified atom stereocenters. The summed E-state index contributed by atoms with van der Waals surface area (Å²) in [6.45, 7) is 4.72. The van der Waals surface area contributed by atoms with E-state index in [-0.39, 0.29) is 24.6 Å². The number of amides is 6. The van der Waals surface area contributed by atoms with Crippen molar-refractivity contribution in [2.24, 2.45) is 5.92 Å². The Morgan fingerprint density at radius 3 is 2.20 bits per heavy atom. The van der Waals surface area contributed by atoms with Gasteiger partial charge >= 0.3 is 0 Å². The number of nitrogens with zero attached hydrogens (tertiary/aromatic N) is 1. The summed E-state index contributed by atoms with van der Waals surface area (Å²) in [6.07, 6.45) is 1.31. The Labute approximate surface area is 232 Å². The topological polar surface area (TPSA) is 186 Å². The first-order chi connectivity index (χ1) is 18.9. The fraction of sp³-hybridized carbons (Fsp3) is 0.556. The third kappa shape index (κ3) is 8.42. The molecule has 0 radical (unpaired) electrons. The minimum atomic E-state index is -1.09. The van der Waals surface area contributed by atoms with Crippen LogP contribution in [0.3, 0.4) is 0 Å². The second kappa shape index (κ2) is 13.8. The number of hydrogen-bond donors (Lipinski definition) is 6. The fourth-order valence-corrected chi connectivity index (χ4v) is 4.72. The Morgan fingerprint density at radius 1 is 0.850 bits per heavy atom. The molecule has 0 bridgehead atoms. The summed E-state index contributed by atoms with van der Waals surface area (Å²) in [5.74, 6) is -3.29. The molecule has 218 valence electrons. The van der Waals surface area contributed by atoms with Gasteiger partial charge in [-0.15, -0.1) is 0 Å². The lowest BCUT2D eigenvalue weighted by atomic mass is 10.0. The summed E-state index contributed by atoms with van der Waals surface area (Å²) < 4.78 is 0. The van der Waals surface area contributed by atoms with Gasteiger partial charge in [0, 0.05) is 13.0 Å². The third-order valence-electron chi connectivity index (χ3n) is 6.83. The summed E-state index contributed by atoms with van der Waals surface area (Å²) in [5, 5.41) is 22.5. The largest absolute Gasteiger partial charge is 0.508 e. The second-order valence-electron chi connectivity index (χ2n) is 10.6. The molecule has 2 heterocycles. The van der Waals surface area contributed by atoms with Crippen molar-refractivity contribution >= 4 is 35.4 Å². The van der Waals surface area contributed by atoms with Gasteiger partial charge in [0.15, 0.2) is 0 Å². The summed E-state index contributed by atoms with van der Waals surface area (Å²) >= 11 is 0. The van der Waals surface area contributed by atoms with E-state index in [1.807, 2.05) is 13.8 Å². The van der Waals surface area contributed by atoms with Gasteiger partial charge in [0.1, 0.15) is 29.9 Å². The van der Waals surface area contributed by atoms with Gasteiger partial charge in [-0.3, -0.25) is 28.8 Å². The lowest BCUT2D eigenvalue weighted by Crippen LogP contribution is -2.58. The number of carbonyl (C=O) groups excluding carboxylic acids is 6. The molecule has 2 aliphatic rings. The first kappa shape index (κ1) is 30.4. The van der Waals surface area contributed by atoms with Gasteiger partial charge < -0.3 is 36.6 Å². The van der Waals surface area contributed by atoms with Crippen LogP contribution >= 0.6 is 0 Å². The number of aromatic hydroxyl groups is 1. The van der Waals surface area contributed by atoms with Crippen LogP contribution in [0.4, 0.5) is 0 Å². The highest BCUT2D eigenvalue weighted by molar-refractivity contribution is 5.97. The maximum Gasteiger partial charge on any atom is 0.243 e. The third-order valence-corrected chi connectivity index (χ3v) is 6.83. The van der Waals surface area contributed by atoms with E-state index in [1.54, 1.807) is 12.1 Å². The Morgan fingerprint density at radius 2 is 1.52 bits per heavy atom. The molecule has 2 aliphatic heterocycles. The second-order valence-corrected chi connectivity index (χ2v) is 10.6. The van der Waals surface area contributed by atoms with Crippen LogP contribution in [0, 0.1) is 5.92 Å². The monoisotopic (exact) mass is 558 g/mol. The van der Waals surface area contributed by atoms with Crippen molar-refractivity contribution < 1.29 is 33.9 Å². The van der Waals surface area contributed by atoms with Gasteiger partial charge in [0.25, 0.3) is 0 Å². The van der Waals surface area contributed by atoms with E-state index in [9.17, 15) is 33.9 Å². The van der Waals surface area contributed by atoms with Crippen molar-refractivity contribution in [2.45, 2.75) is 70.6 Å². The summed E-state index contributed by atoms with van der Waals surface area (Å²) in [4.78, 5) is 78.9. The summed E-state index contributed by atoms with van der Waals surface area (Å²) in [7, 11) is 0. The predicted octanol–water partition coefficient (Wildman–Crippen LogP) is -1.31. The molecule has 13 nitrogen and oxygen atoms in total. The van der Waals surface area contributed by atoms with Crippen LogP contribution in [0.15, 0.2) is 24.3 Å². The van der Waals surface area contributed by atoms with Crippen molar-refractivity contribution in [1.82, 2.24) is 31.5 Å². The highest BCUT2D eigenvalue weighted by atomic mass is 16.3. The Balaban J connectivity index is 1.85. The standard InChI is InChI=1S/C27H38N6O7/c1-15(2)11-19-25(38)29-14-23(36)33-10-4-5-21(33)27(40)32-20(12-17-6-8-18(34)9-7-17)26(39)30-16(3)24(37)28-13-22(35)31-19/h6-9,15-16,19-21,34H,4-5,10-14H2,1-3H3,(H,28,37)(H,29,38)(H,30,39)(H,31,35)(H,32,40)/t16-,19-,20-,21-/m0/s1. The van der Waals surface area contributed by atoms with Crippen molar-refractivity contribution in [1.29, 1.82) is 0 Å². The zero-order chi connectivity index (χ0) is 29.4. The molecule has 1 aromatic carbocycles. The normalized spacial score (nSPS) is 25.6. The van der Waals surface area contributed by atoms with Gasteiger partial charge in [-0.2, -0.15) is 0 Å². The van der Waals surface area contributed by atoms with Crippen molar-refractivity contribution in [2.75, 3.05) is 19.6 Å². The first-order valence-electron chi connectivity index (χ1n) is 13.5. The van der Waals surface area contributed by atoms with Gasteiger partial charge in [-0.05, 0) is 49.8 Å². The van der Waals surface area contributed by atoms with Crippen molar-refractivity contribution in [3.05, 3.63) is 29.8 Å². The lowest BCUT2D eigenvalue weighted by Gasteiger charge is -2.28. The van der Waals surface area contributed by atoms with Crippen LogP contribution in [-0.4, -0.2) is 89.3 Å². The van der Waals surface area contributed by atoms with Crippen LogP contribution in [0.5, 0.6) is 5.75 Å². The molecule has 40 heavy (non-hydrogen) atoms. The minimum Gasteiger partial charge on any atom is -0.508 e. The molecule has 3 rings (SSSR count). The fourth-order valence-electron chi connectivity index (χ4n) is 4.72. The van der Waals surface area contributed by atoms with Crippen LogP contribution in [0.25, 0.3) is 0 Å². The molecular formula is C27H38N6O7. The molecule has 4 atom stereocenters. The van der Waals surface area contributed by atoms with Crippen LogP contribution < -0.4 is 26.6 Å². The highest BCUT2D eigenvalue weighted by Gasteiger charge is 2.36. The quantitative estimate of drug-likeness (QED) is 0.265. The Bertz CT molecular complexity index is 1120. The van der Waals surface area contributed by atoms with Gasteiger partial charge in [-0.25, -0.2) is 0 Å². The van der Waals surface area contributed by atoms with Gasteiger partial charge in [0.05, 0.1) is 13.1 Å². The molecular weight excluding hydrogens is 520 g/mol. The number of hydrogen-bond acceptors (Lipinski definition) is 7. The molecule has 6 N–H and O–H groups in total. The van der Waals surface area contributed by atoms with Crippen LogP contribution in [0.1, 0.15) is 45.6 Å². The molecule has 6 amide bonds. The van der Waals surface area contributed by atoms with Crippen molar-refractivity contribution in [3.8, 4) is 5.75 Å².